The zero-order chi connectivity index (χ0) is 16.2. The number of ether oxygens (including phenoxy) is 1. The van der Waals surface area contributed by atoms with Crippen molar-refractivity contribution in [1.29, 1.82) is 0 Å². The molecule has 4 nitrogen and oxygen atoms in total. The van der Waals surface area contributed by atoms with E-state index in [9.17, 15) is 9.90 Å². The van der Waals surface area contributed by atoms with Crippen LogP contribution in [0.15, 0.2) is 29.3 Å². The number of rotatable bonds is 4. The molecule has 0 amide bonds. The maximum atomic E-state index is 12.3. The molecule has 1 aromatic heterocycles. The number of aliphatic imine (C=N–C) groups is 1. The van der Waals surface area contributed by atoms with Crippen molar-refractivity contribution >= 4 is 28.5 Å². The van der Waals surface area contributed by atoms with Crippen molar-refractivity contribution in [3.05, 3.63) is 45.8 Å². The van der Waals surface area contributed by atoms with E-state index < -0.39 is 0 Å². The van der Waals surface area contributed by atoms with E-state index in [-0.39, 0.29) is 11.7 Å². The molecular weight excluding hydrogens is 310 g/mol. The lowest BCUT2D eigenvalue weighted by Gasteiger charge is -2.11. The molecule has 2 aromatic rings. The standard InChI is InChI=1S/C18H19NO3S/c1-2-22-18(21)16-14-5-3-4-6-15(14)23-17(16)19-11-12-7-9-13(20)10-8-12/h7-11,20H,2-6H2,1H3. The second kappa shape index (κ2) is 6.96. The lowest BCUT2D eigenvalue weighted by molar-refractivity contribution is 0.0526. The number of esters is 1. The van der Waals surface area contributed by atoms with Gasteiger partial charge >= 0.3 is 5.97 Å². The molecular formula is C18H19NO3S. The number of aryl methyl sites for hydroxylation is 1. The zero-order valence-electron chi connectivity index (χ0n) is 13.0. The Hall–Kier alpha value is -2.14. The number of hydrogen-bond acceptors (Lipinski definition) is 5. The molecule has 1 heterocycles. The summed E-state index contributed by atoms with van der Waals surface area (Å²) in [7, 11) is 0. The summed E-state index contributed by atoms with van der Waals surface area (Å²) in [6.45, 7) is 2.18. The smallest absolute Gasteiger partial charge is 0.341 e. The molecule has 3 rings (SSSR count). The first kappa shape index (κ1) is 15.7. The van der Waals surface area contributed by atoms with Gasteiger partial charge in [0.25, 0.3) is 0 Å². The fourth-order valence-electron chi connectivity index (χ4n) is 2.75. The quantitative estimate of drug-likeness (QED) is 0.673. The van der Waals surface area contributed by atoms with Gasteiger partial charge in [-0.05, 0) is 68.0 Å². The molecule has 1 N–H and O–H groups in total. The van der Waals surface area contributed by atoms with Crippen molar-refractivity contribution in [2.75, 3.05) is 6.61 Å². The topological polar surface area (TPSA) is 58.9 Å². The zero-order valence-corrected chi connectivity index (χ0v) is 13.9. The minimum Gasteiger partial charge on any atom is -0.508 e. The summed E-state index contributed by atoms with van der Waals surface area (Å²) in [5.41, 5.74) is 2.64. The van der Waals surface area contributed by atoms with E-state index in [1.807, 2.05) is 6.92 Å². The first-order valence-electron chi connectivity index (χ1n) is 7.83. The molecule has 1 aliphatic carbocycles. The van der Waals surface area contributed by atoms with E-state index in [0.717, 1.165) is 41.8 Å². The predicted octanol–water partition coefficient (Wildman–Crippen LogP) is 4.26. The predicted molar refractivity (Wildman–Crippen MR) is 92.3 cm³/mol. The van der Waals surface area contributed by atoms with Crippen molar-refractivity contribution in [3.63, 3.8) is 0 Å². The van der Waals surface area contributed by atoms with Gasteiger partial charge in [-0.1, -0.05) is 0 Å². The van der Waals surface area contributed by atoms with E-state index in [4.69, 9.17) is 4.74 Å². The fourth-order valence-corrected chi connectivity index (χ4v) is 3.97. The van der Waals surface area contributed by atoms with Gasteiger partial charge in [-0.3, -0.25) is 0 Å². The Bertz CT molecular complexity index is 731. The molecule has 120 valence electrons. The molecule has 0 spiro atoms. The molecule has 0 bridgehead atoms. The number of benzene rings is 1. The fraction of sp³-hybridized carbons (Fsp3) is 0.333. The lowest BCUT2D eigenvalue weighted by Crippen LogP contribution is -2.09. The van der Waals surface area contributed by atoms with Crippen LogP contribution in [0, 0.1) is 0 Å². The van der Waals surface area contributed by atoms with Crippen LogP contribution in [0.2, 0.25) is 0 Å². The molecule has 0 radical (unpaired) electrons. The molecule has 0 aliphatic heterocycles. The number of thiophene rings is 1. The van der Waals surface area contributed by atoms with Gasteiger partial charge in [-0.15, -0.1) is 11.3 Å². The number of hydrogen-bond donors (Lipinski definition) is 1. The molecule has 0 saturated carbocycles. The molecule has 1 aliphatic rings. The number of fused-ring (bicyclic) bond motifs is 1. The third-order valence-corrected chi connectivity index (χ3v) is 5.06. The highest BCUT2D eigenvalue weighted by atomic mass is 32.1. The van der Waals surface area contributed by atoms with E-state index in [2.05, 4.69) is 4.99 Å². The van der Waals surface area contributed by atoms with Crippen LogP contribution in [0.25, 0.3) is 0 Å². The maximum absolute atomic E-state index is 12.3. The summed E-state index contributed by atoms with van der Waals surface area (Å²) in [4.78, 5) is 18.1. The highest BCUT2D eigenvalue weighted by Gasteiger charge is 2.25. The SMILES string of the molecule is CCOC(=O)c1c(N=Cc2ccc(O)cc2)sc2c1CCCC2. The summed E-state index contributed by atoms with van der Waals surface area (Å²) in [6, 6.07) is 6.81. The third-order valence-electron chi connectivity index (χ3n) is 3.86. The number of phenolic OH excluding ortho intramolecular Hbond substituents is 1. The van der Waals surface area contributed by atoms with Gasteiger partial charge in [0.1, 0.15) is 10.8 Å². The molecule has 23 heavy (non-hydrogen) atoms. The Morgan fingerprint density at radius 3 is 2.78 bits per heavy atom. The summed E-state index contributed by atoms with van der Waals surface area (Å²) < 4.78 is 5.22. The number of carbonyl (C=O) groups is 1. The second-order valence-electron chi connectivity index (χ2n) is 5.46. The normalized spacial score (nSPS) is 14.0. The van der Waals surface area contributed by atoms with Gasteiger partial charge in [0.05, 0.1) is 12.2 Å². The summed E-state index contributed by atoms with van der Waals surface area (Å²) in [5, 5.41) is 10.1. The summed E-state index contributed by atoms with van der Waals surface area (Å²) in [6.07, 6.45) is 5.93. The summed E-state index contributed by atoms with van der Waals surface area (Å²) >= 11 is 1.59. The van der Waals surface area contributed by atoms with E-state index >= 15 is 0 Å². The van der Waals surface area contributed by atoms with Crippen molar-refractivity contribution < 1.29 is 14.6 Å². The van der Waals surface area contributed by atoms with Crippen LogP contribution in [-0.2, 0) is 17.6 Å². The second-order valence-corrected chi connectivity index (χ2v) is 6.54. The van der Waals surface area contributed by atoms with Gasteiger partial charge in [0.2, 0.25) is 0 Å². The van der Waals surface area contributed by atoms with Crippen molar-refractivity contribution in [1.82, 2.24) is 0 Å². The Balaban J connectivity index is 1.95. The van der Waals surface area contributed by atoms with Crippen LogP contribution < -0.4 is 0 Å². The Labute approximate surface area is 139 Å². The van der Waals surface area contributed by atoms with Crippen LogP contribution >= 0.6 is 11.3 Å². The van der Waals surface area contributed by atoms with Crippen LogP contribution in [0.3, 0.4) is 0 Å². The number of aromatic hydroxyl groups is 1. The van der Waals surface area contributed by atoms with Gasteiger partial charge in [-0.2, -0.15) is 0 Å². The van der Waals surface area contributed by atoms with E-state index in [1.165, 1.54) is 4.88 Å². The van der Waals surface area contributed by atoms with E-state index in [1.54, 1.807) is 41.8 Å². The Morgan fingerprint density at radius 2 is 2.04 bits per heavy atom. The van der Waals surface area contributed by atoms with E-state index in [0.29, 0.717) is 12.2 Å². The first-order chi connectivity index (χ1) is 11.2. The molecule has 5 heteroatoms. The van der Waals surface area contributed by atoms with Crippen LogP contribution in [0.4, 0.5) is 5.00 Å². The average molecular weight is 329 g/mol. The van der Waals surface area contributed by atoms with Gasteiger partial charge in [0, 0.05) is 11.1 Å². The van der Waals surface area contributed by atoms with Crippen molar-refractivity contribution in [2.24, 2.45) is 4.99 Å². The van der Waals surface area contributed by atoms with Gasteiger partial charge in [-0.25, -0.2) is 9.79 Å². The maximum Gasteiger partial charge on any atom is 0.341 e. The molecule has 0 unspecified atom stereocenters. The highest BCUT2D eigenvalue weighted by Crippen LogP contribution is 2.40. The lowest BCUT2D eigenvalue weighted by atomic mass is 9.95. The van der Waals surface area contributed by atoms with Crippen molar-refractivity contribution in [2.45, 2.75) is 32.6 Å². The molecule has 0 saturated heterocycles. The third kappa shape index (κ3) is 3.45. The molecule has 0 atom stereocenters. The van der Waals surface area contributed by atoms with Gasteiger partial charge < -0.3 is 9.84 Å². The Kier molecular flexibility index (Phi) is 4.76. The largest absolute Gasteiger partial charge is 0.508 e. The minimum absolute atomic E-state index is 0.223. The number of carbonyl (C=O) groups excluding carboxylic acids is 1. The number of nitrogens with zero attached hydrogens (tertiary/aromatic N) is 1. The summed E-state index contributed by atoms with van der Waals surface area (Å²) in [5.74, 6) is -0.0503. The van der Waals surface area contributed by atoms with Crippen molar-refractivity contribution in [3.8, 4) is 5.75 Å². The molecule has 1 aromatic carbocycles. The van der Waals surface area contributed by atoms with Crippen LogP contribution in [0.5, 0.6) is 5.75 Å². The van der Waals surface area contributed by atoms with Crippen LogP contribution in [-0.4, -0.2) is 23.9 Å². The van der Waals surface area contributed by atoms with Gasteiger partial charge in [0.15, 0.2) is 0 Å². The average Bonchev–Trinajstić information content (AvgIpc) is 2.93. The monoisotopic (exact) mass is 329 g/mol. The highest BCUT2D eigenvalue weighted by molar-refractivity contribution is 7.16. The number of phenols is 1. The Morgan fingerprint density at radius 1 is 1.30 bits per heavy atom. The first-order valence-corrected chi connectivity index (χ1v) is 8.65. The minimum atomic E-state index is -0.273. The molecule has 0 fully saturated rings. The van der Waals surface area contributed by atoms with Crippen LogP contribution in [0.1, 0.15) is 46.1 Å².